The number of nitrogens with zero attached hydrogens (tertiary/aromatic N) is 2. The number of rotatable bonds is 9. The Labute approximate surface area is 230 Å². The summed E-state index contributed by atoms with van der Waals surface area (Å²) in [5.74, 6) is 0.948. The van der Waals surface area contributed by atoms with Crippen LogP contribution in [-0.4, -0.2) is 38.2 Å². The summed E-state index contributed by atoms with van der Waals surface area (Å²) >= 11 is 0. The normalized spacial score (nSPS) is 17.9. The molecule has 0 spiro atoms. The van der Waals surface area contributed by atoms with Gasteiger partial charge in [-0.25, -0.2) is 4.39 Å². The molecule has 208 valence electrons. The third kappa shape index (κ3) is 5.21. The van der Waals surface area contributed by atoms with Gasteiger partial charge >= 0.3 is 5.97 Å². The molecule has 0 bridgehead atoms. The van der Waals surface area contributed by atoms with Gasteiger partial charge in [-0.15, -0.1) is 0 Å². The molecule has 40 heavy (non-hydrogen) atoms. The standard InChI is InChI=1S/C31H31FN2O6/c1-31(2,37)11-12-34-25-14-20(4-3-18(25)16-33-34)39-26-10-8-24(32)30-23(26)7-9-27(30)40-21-5-6-22-19(13-29(35)36)17-38-28(22)15-21/h3-6,8,10,14-16,19,27,37H,7,9,11-13,17H2,1-2H3,(H,35,36)/t19?,27-/m1/s1. The van der Waals surface area contributed by atoms with E-state index in [0.29, 0.717) is 61.0 Å². The van der Waals surface area contributed by atoms with Crippen LogP contribution in [0.5, 0.6) is 23.0 Å². The Hall–Kier alpha value is -4.11. The number of aliphatic carboxylic acids is 1. The number of hydrogen-bond acceptors (Lipinski definition) is 6. The first-order chi connectivity index (χ1) is 19.1. The lowest BCUT2D eigenvalue weighted by Gasteiger charge is -2.18. The third-order valence-electron chi connectivity index (χ3n) is 7.58. The van der Waals surface area contributed by atoms with Crippen LogP contribution in [0.3, 0.4) is 0 Å². The van der Waals surface area contributed by atoms with Crippen LogP contribution in [0.1, 0.15) is 61.8 Å². The van der Waals surface area contributed by atoms with Crippen molar-refractivity contribution >= 4 is 16.9 Å². The van der Waals surface area contributed by atoms with Gasteiger partial charge in [-0.3, -0.25) is 9.48 Å². The predicted molar refractivity (Wildman–Crippen MR) is 146 cm³/mol. The molecule has 0 radical (unpaired) electrons. The number of carbonyl (C=O) groups is 1. The van der Waals surface area contributed by atoms with Crippen LogP contribution < -0.4 is 14.2 Å². The average Bonchev–Trinajstić information content (AvgIpc) is 3.61. The molecule has 1 aromatic heterocycles. The fourth-order valence-electron chi connectivity index (χ4n) is 5.53. The van der Waals surface area contributed by atoms with Gasteiger partial charge in [-0.1, -0.05) is 6.07 Å². The summed E-state index contributed by atoms with van der Waals surface area (Å²) in [4.78, 5) is 11.1. The van der Waals surface area contributed by atoms with Crippen molar-refractivity contribution in [2.75, 3.05) is 6.61 Å². The molecule has 2 heterocycles. The Balaban J connectivity index is 1.22. The first kappa shape index (κ1) is 26.1. The Morgan fingerprint density at radius 3 is 2.80 bits per heavy atom. The number of hydrogen-bond donors (Lipinski definition) is 2. The number of carboxylic acids is 1. The number of benzene rings is 3. The highest BCUT2D eigenvalue weighted by Crippen LogP contribution is 2.44. The van der Waals surface area contributed by atoms with Gasteiger partial charge in [0, 0.05) is 46.7 Å². The average molecular weight is 547 g/mol. The number of aromatic nitrogens is 2. The molecule has 9 heteroatoms. The fraction of sp³-hybridized carbons (Fsp3) is 0.355. The van der Waals surface area contributed by atoms with E-state index in [1.807, 2.05) is 28.9 Å². The van der Waals surface area contributed by atoms with E-state index in [1.54, 1.807) is 38.2 Å². The first-order valence-electron chi connectivity index (χ1n) is 13.5. The molecular weight excluding hydrogens is 515 g/mol. The van der Waals surface area contributed by atoms with E-state index in [9.17, 15) is 9.90 Å². The molecule has 6 rings (SSSR count). The second-order valence-electron chi connectivity index (χ2n) is 11.1. The Bertz CT molecular complexity index is 1590. The lowest BCUT2D eigenvalue weighted by atomic mass is 9.98. The number of aliphatic hydroxyl groups is 1. The quantitative estimate of drug-likeness (QED) is 0.260. The highest BCUT2D eigenvalue weighted by molar-refractivity contribution is 5.80. The molecule has 2 N–H and O–H groups in total. The Morgan fingerprint density at radius 1 is 1.18 bits per heavy atom. The number of aryl methyl sites for hydroxylation is 1. The zero-order chi connectivity index (χ0) is 28.0. The van der Waals surface area contributed by atoms with Crippen LogP contribution in [0.2, 0.25) is 0 Å². The molecule has 1 aliphatic heterocycles. The number of ether oxygens (including phenoxy) is 3. The van der Waals surface area contributed by atoms with Gasteiger partial charge in [0.05, 0.1) is 30.3 Å². The summed E-state index contributed by atoms with van der Waals surface area (Å²) in [6, 6.07) is 14.1. The minimum atomic E-state index is -0.867. The minimum Gasteiger partial charge on any atom is -0.492 e. The molecule has 0 saturated heterocycles. The van der Waals surface area contributed by atoms with Gasteiger partial charge in [-0.2, -0.15) is 5.10 Å². The molecular formula is C31H31FN2O6. The van der Waals surface area contributed by atoms with Crippen LogP contribution in [0.25, 0.3) is 10.9 Å². The zero-order valence-corrected chi connectivity index (χ0v) is 22.4. The Morgan fingerprint density at radius 2 is 2.00 bits per heavy atom. The molecule has 2 atom stereocenters. The van der Waals surface area contributed by atoms with Crippen molar-refractivity contribution in [2.45, 2.75) is 63.7 Å². The van der Waals surface area contributed by atoms with Crippen LogP contribution in [0.15, 0.2) is 54.7 Å². The molecule has 2 aliphatic rings. The highest BCUT2D eigenvalue weighted by atomic mass is 19.1. The maximum atomic E-state index is 15.1. The summed E-state index contributed by atoms with van der Waals surface area (Å²) in [6.07, 6.45) is 3.06. The van der Waals surface area contributed by atoms with Crippen molar-refractivity contribution in [1.29, 1.82) is 0 Å². The predicted octanol–water partition coefficient (Wildman–Crippen LogP) is 6.15. The number of halogens is 1. The Kier molecular flexibility index (Phi) is 6.62. The van der Waals surface area contributed by atoms with E-state index in [2.05, 4.69) is 5.10 Å². The van der Waals surface area contributed by atoms with Crippen molar-refractivity contribution in [3.05, 3.63) is 77.2 Å². The molecule has 0 amide bonds. The summed E-state index contributed by atoms with van der Waals surface area (Å²) in [5.41, 5.74) is 2.21. The molecule has 1 aliphatic carbocycles. The van der Waals surface area contributed by atoms with E-state index in [1.165, 1.54) is 6.07 Å². The van der Waals surface area contributed by atoms with Crippen molar-refractivity contribution in [3.8, 4) is 23.0 Å². The molecule has 0 saturated carbocycles. The maximum Gasteiger partial charge on any atom is 0.304 e. The van der Waals surface area contributed by atoms with Crippen LogP contribution in [0, 0.1) is 5.82 Å². The van der Waals surface area contributed by atoms with Crippen LogP contribution >= 0.6 is 0 Å². The molecule has 4 aromatic rings. The lowest BCUT2D eigenvalue weighted by molar-refractivity contribution is -0.137. The number of carboxylic acid groups (broad SMARTS) is 1. The van der Waals surface area contributed by atoms with E-state index in [0.717, 1.165) is 22.0 Å². The van der Waals surface area contributed by atoms with E-state index < -0.39 is 17.7 Å². The van der Waals surface area contributed by atoms with Gasteiger partial charge < -0.3 is 24.4 Å². The van der Waals surface area contributed by atoms with Crippen molar-refractivity contribution < 1.29 is 33.6 Å². The van der Waals surface area contributed by atoms with E-state index in [-0.39, 0.29) is 18.2 Å². The zero-order valence-electron chi connectivity index (χ0n) is 22.4. The van der Waals surface area contributed by atoms with Crippen molar-refractivity contribution in [2.24, 2.45) is 0 Å². The first-order valence-corrected chi connectivity index (χ1v) is 13.5. The van der Waals surface area contributed by atoms with E-state index >= 15 is 4.39 Å². The van der Waals surface area contributed by atoms with Crippen LogP contribution in [0.4, 0.5) is 4.39 Å². The lowest BCUT2D eigenvalue weighted by Crippen LogP contribution is -2.21. The number of fused-ring (bicyclic) bond motifs is 3. The summed E-state index contributed by atoms with van der Waals surface area (Å²) in [7, 11) is 0. The van der Waals surface area contributed by atoms with Gasteiger partial charge in [0.1, 0.15) is 34.9 Å². The summed E-state index contributed by atoms with van der Waals surface area (Å²) < 4.78 is 35.2. The third-order valence-corrected chi connectivity index (χ3v) is 7.58. The van der Waals surface area contributed by atoms with Gasteiger partial charge in [-0.05, 0) is 63.4 Å². The summed E-state index contributed by atoms with van der Waals surface area (Å²) in [5, 5.41) is 24.7. The fourth-order valence-corrected chi connectivity index (χ4v) is 5.53. The van der Waals surface area contributed by atoms with Crippen molar-refractivity contribution in [3.63, 3.8) is 0 Å². The maximum absolute atomic E-state index is 15.1. The topological polar surface area (TPSA) is 103 Å². The monoisotopic (exact) mass is 546 g/mol. The smallest absolute Gasteiger partial charge is 0.304 e. The van der Waals surface area contributed by atoms with Gasteiger partial charge in [0.25, 0.3) is 0 Å². The summed E-state index contributed by atoms with van der Waals surface area (Å²) in [6.45, 7) is 4.43. The van der Waals surface area contributed by atoms with Crippen molar-refractivity contribution in [1.82, 2.24) is 9.78 Å². The molecule has 0 fully saturated rings. The van der Waals surface area contributed by atoms with E-state index in [4.69, 9.17) is 19.3 Å². The SMILES string of the molecule is CC(C)(O)CCn1ncc2ccc(Oc3ccc(F)c4c3CC[C@H]4Oc3ccc4c(c3)OCC4CC(=O)O)cc21. The molecule has 8 nitrogen and oxygen atoms in total. The second-order valence-corrected chi connectivity index (χ2v) is 11.1. The molecule has 3 aromatic carbocycles. The highest BCUT2D eigenvalue weighted by Gasteiger charge is 2.32. The largest absolute Gasteiger partial charge is 0.492 e. The van der Waals surface area contributed by atoms with Crippen LogP contribution in [-0.2, 0) is 17.8 Å². The molecule has 1 unspecified atom stereocenters. The van der Waals surface area contributed by atoms with Gasteiger partial charge in [0.2, 0.25) is 0 Å². The minimum absolute atomic E-state index is 0.00725. The second kappa shape index (κ2) is 10.1. The van der Waals surface area contributed by atoms with Gasteiger partial charge in [0.15, 0.2) is 0 Å².